The first-order chi connectivity index (χ1) is 13.7. The summed E-state index contributed by atoms with van der Waals surface area (Å²) in [6.45, 7) is 15.2. The van der Waals surface area contributed by atoms with Crippen LogP contribution in [0.1, 0.15) is 37.8 Å². The SMILES string of the molecule is CCN1CCN(Cc2ccc(CN=C(N)NCC3CCCN3CC)cc2)CC1.I. The van der Waals surface area contributed by atoms with Gasteiger partial charge in [0.1, 0.15) is 0 Å². The predicted molar refractivity (Wildman–Crippen MR) is 133 cm³/mol. The molecule has 1 aromatic rings. The van der Waals surface area contributed by atoms with Gasteiger partial charge in [-0.2, -0.15) is 0 Å². The molecule has 2 heterocycles. The largest absolute Gasteiger partial charge is 0.370 e. The van der Waals surface area contributed by atoms with E-state index in [0.29, 0.717) is 18.5 Å². The molecule has 7 heteroatoms. The van der Waals surface area contributed by atoms with Gasteiger partial charge >= 0.3 is 0 Å². The minimum absolute atomic E-state index is 0. The van der Waals surface area contributed by atoms with E-state index in [0.717, 1.165) is 19.6 Å². The maximum atomic E-state index is 6.07. The van der Waals surface area contributed by atoms with Gasteiger partial charge in [0.25, 0.3) is 0 Å². The molecule has 1 unspecified atom stereocenters. The molecule has 3 N–H and O–H groups in total. The Hall–Kier alpha value is -0.900. The van der Waals surface area contributed by atoms with Crippen molar-refractivity contribution in [2.24, 2.45) is 10.7 Å². The first-order valence-electron chi connectivity index (χ1n) is 11.0. The maximum Gasteiger partial charge on any atom is 0.188 e. The molecule has 1 atom stereocenters. The molecule has 0 aromatic heterocycles. The van der Waals surface area contributed by atoms with Crippen LogP contribution >= 0.6 is 24.0 Å². The minimum atomic E-state index is 0. The molecule has 3 rings (SSSR count). The number of nitrogens with zero attached hydrogens (tertiary/aromatic N) is 4. The van der Waals surface area contributed by atoms with Crippen molar-refractivity contribution in [3.05, 3.63) is 35.4 Å². The molecule has 29 heavy (non-hydrogen) atoms. The van der Waals surface area contributed by atoms with E-state index in [1.54, 1.807) is 0 Å². The molecule has 1 aromatic carbocycles. The number of halogens is 1. The fraction of sp³-hybridized carbons (Fsp3) is 0.682. The molecule has 0 bridgehead atoms. The molecule has 2 saturated heterocycles. The third-order valence-corrected chi connectivity index (χ3v) is 6.20. The summed E-state index contributed by atoms with van der Waals surface area (Å²) in [6.07, 6.45) is 2.54. The fourth-order valence-electron chi connectivity index (χ4n) is 4.27. The molecule has 164 valence electrons. The number of nitrogens with one attached hydrogen (secondary N) is 1. The molecular weight excluding hydrogens is 475 g/mol. The Bertz CT molecular complexity index is 612. The summed E-state index contributed by atoms with van der Waals surface area (Å²) < 4.78 is 0. The van der Waals surface area contributed by atoms with Crippen LogP contribution in [-0.2, 0) is 13.1 Å². The Labute approximate surface area is 193 Å². The van der Waals surface area contributed by atoms with E-state index >= 15 is 0 Å². The van der Waals surface area contributed by atoms with Crippen LogP contribution in [-0.4, -0.2) is 79.1 Å². The number of aliphatic imine (C=N–C) groups is 1. The van der Waals surface area contributed by atoms with E-state index in [9.17, 15) is 0 Å². The normalized spacial score (nSPS) is 21.9. The molecule has 0 radical (unpaired) electrons. The fourth-order valence-corrected chi connectivity index (χ4v) is 4.27. The number of benzene rings is 1. The van der Waals surface area contributed by atoms with E-state index in [4.69, 9.17) is 5.73 Å². The lowest BCUT2D eigenvalue weighted by atomic mass is 10.1. The number of likely N-dealkylation sites (N-methyl/N-ethyl adjacent to an activating group) is 2. The zero-order chi connectivity index (χ0) is 19.8. The summed E-state index contributed by atoms with van der Waals surface area (Å²) in [5, 5.41) is 3.31. The van der Waals surface area contributed by atoms with Crippen LogP contribution in [0.2, 0.25) is 0 Å². The van der Waals surface area contributed by atoms with Gasteiger partial charge in [0, 0.05) is 45.3 Å². The Morgan fingerprint density at radius 2 is 1.66 bits per heavy atom. The minimum Gasteiger partial charge on any atom is -0.370 e. The molecule has 2 aliphatic rings. The van der Waals surface area contributed by atoms with Crippen molar-refractivity contribution in [1.29, 1.82) is 0 Å². The summed E-state index contributed by atoms with van der Waals surface area (Å²) in [5.41, 5.74) is 8.66. The second kappa shape index (κ2) is 12.7. The van der Waals surface area contributed by atoms with Gasteiger partial charge < -0.3 is 16.0 Å². The van der Waals surface area contributed by atoms with Crippen molar-refractivity contribution in [1.82, 2.24) is 20.0 Å². The van der Waals surface area contributed by atoms with Gasteiger partial charge in [-0.1, -0.05) is 38.1 Å². The standard InChI is InChI=1S/C22H38N6.HI/c1-3-26-12-14-27(15-13-26)18-20-9-7-19(8-10-20)16-24-22(23)25-17-21-6-5-11-28(21)4-2;/h7-10,21H,3-6,11-18H2,1-2H3,(H3,23,24,25);1H. The van der Waals surface area contributed by atoms with Gasteiger partial charge in [0.2, 0.25) is 0 Å². The van der Waals surface area contributed by atoms with Crippen molar-refractivity contribution in [2.45, 2.75) is 45.8 Å². The van der Waals surface area contributed by atoms with Crippen molar-refractivity contribution in [3.8, 4) is 0 Å². The van der Waals surface area contributed by atoms with Gasteiger partial charge in [-0.15, -0.1) is 24.0 Å². The highest BCUT2D eigenvalue weighted by Crippen LogP contribution is 2.15. The number of guanidine groups is 1. The average Bonchev–Trinajstić information content (AvgIpc) is 3.20. The van der Waals surface area contributed by atoms with Gasteiger partial charge in [-0.25, -0.2) is 4.99 Å². The zero-order valence-corrected chi connectivity index (χ0v) is 20.5. The van der Waals surface area contributed by atoms with Crippen molar-refractivity contribution < 1.29 is 0 Å². The lowest BCUT2D eigenvalue weighted by Crippen LogP contribution is -2.45. The van der Waals surface area contributed by atoms with Crippen LogP contribution in [0.3, 0.4) is 0 Å². The van der Waals surface area contributed by atoms with Gasteiger partial charge in [-0.05, 0) is 43.6 Å². The average molecular weight is 515 g/mol. The van der Waals surface area contributed by atoms with E-state index in [2.05, 4.69) is 63.1 Å². The highest BCUT2D eigenvalue weighted by molar-refractivity contribution is 14.0. The quantitative estimate of drug-likeness (QED) is 0.317. The van der Waals surface area contributed by atoms with E-state index in [-0.39, 0.29) is 24.0 Å². The number of hydrogen-bond donors (Lipinski definition) is 2. The van der Waals surface area contributed by atoms with Crippen molar-refractivity contribution >= 4 is 29.9 Å². The third kappa shape index (κ3) is 7.70. The number of likely N-dealkylation sites (tertiary alicyclic amines) is 1. The summed E-state index contributed by atoms with van der Waals surface area (Å²) in [6, 6.07) is 9.43. The zero-order valence-electron chi connectivity index (χ0n) is 18.1. The van der Waals surface area contributed by atoms with Crippen LogP contribution < -0.4 is 11.1 Å². The smallest absolute Gasteiger partial charge is 0.188 e. The molecule has 0 amide bonds. The second-order valence-corrected chi connectivity index (χ2v) is 8.03. The van der Waals surface area contributed by atoms with Crippen LogP contribution in [0.4, 0.5) is 0 Å². The highest BCUT2D eigenvalue weighted by atomic mass is 127. The predicted octanol–water partition coefficient (Wildman–Crippen LogP) is 2.33. The Morgan fingerprint density at radius 3 is 2.31 bits per heavy atom. The number of nitrogens with two attached hydrogens (primary N) is 1. The number of hydrogen-bond acceptors (Lipinski definition) is 4. The molecule has 0 saturated carbocycles. The second-order valence-electron chi connectivity index (χ2n) is 8.03. The Morgan fingerprint density at radius 1 is 1.00 bits per heavy atom. The lowest BCUT2D eigenvalue weighted by molar-refractivity contribution is 0.132. The molecular formula is C22H39IN6. The maximum absolute atomic E-state index is 6.07. The number of piperazine rings is 1. The number of rotatable bonds is 8. The van der Waals surface area contributed by atoms with E-state index < -0.39 is 0 Å². The first kappa shape index (κ1) is 24.4. The van der Waals surface area contributed by atoms with Crippen LogP contribution in [0, 0.1) is 0 Å². The Kier molecular flexibility index (Phi) is 10.7. The topological polar surface area (TPSA) is 60.1 Å². The van der Waals surface area contributed by atoms with E-state index in [1.807, 2.05) is 0 Å². The molecule has 2 fully saturated rings. The lowest BCUT2D eigenvalue weighted by Gasteiger charge is -2.34. The summed E-state index contributed by atoms with van der Waals surface area (Å²) in [5.74, 6) is 0.556. The van der Waals surface area contributed by atoms with Crippen LogP contribution in [0.5, 0.6) is 0 Å². The molecule has 0 spiro atoms. The molecule has 6 nitrogen and oxygen atoms in total. The molecule has 2 aliphatic heterocycles. The van der Waals surface area contributed by atoms with E-state index in [1.165, 1.54) is 63.2 Å². The van der Waals surface area contributed by atoms with Crippen molar-refractivity contribution in [3.63, 3.8) is 0 Å². The van der Waals surface area contributed by atoms with Crippen molar-refractivity contribution in [2.75, 3.05) is 52.4 Å². The van der Waals surface area contributed by atoms with Gasteiger partial charge in [0.05, 0.1) is 6.54 Å². The summed E-state index contributed by atoms with van der Waals surface area (Å²) >= 11 is 0. The van der Waals surface area contributed by atoms with Gasteiger partial charge in [0.15, 0.2) is 5.96 Å². The third-order valence-electron chi connectivity index (χ3n) is 6.20. The highest BCUT2D eigenvalue weighted by Gasteiger charge is 2.22. The molecule has 0 aliphatic carbocycles. The monoisotopic (exact) mass is 514 g/mol. The van der Waals surface area contributed by atoms with Crippen LogP contribution in [0.15, 0.2) is 29.3 Å². The Balaban J connectivity index is 0.00000300. The first-order valence-corrected chi connectivity index (χ1v) is 11.0. The van der Waals surface area contributed by atoms with Gasteiger partial charge in [-0.3, -0.25) is 9.80 Å². The summed E-state index contributed by atoms with van der Waals surface area (Å²) in [7, 11) is 0. The van der Waals surface area contributed by atoms with Crippen LogP contribution in [0.25, 0.3) is 0 Å². The summed E-state index contributed by atoms with van der Waals surface area (Å²) in [4.78, 5) is 12.1.